The minimum atomic E-state index is -0.0694. The van der Waals surface area contributed by atoms with Crippen LogP contribution in [0, 0.1) is 11.3 Å². The van der Waals surface area contributed by atoms with Gasteiger partial charge in [0.2, 0.25) is 5.91 Å². The highest BCUT2D eigenvalue weighted by molar-refractivity contribution is 5.78. The van der Waals surface area contributed by atoms with E-state index in [0.717, 1.165) is 39.0 Å². The number of nitrogens with zero attached hydrogens (tertiary/aromatic N) is 2. The Balaban J connectivity index is 1.20. The van der Waals surface area contributed by atoms with E-state index < -0.39 is 0 Å². The first-order valence-electron chi connectivity index (χ1n) is 9.98. The number of hydrogen-bond acceptors (Lipinski definition) is 5. The van der Waals surface area contributed by atoms with Gasteiger partial charge in [0.05, 0.1) is 24.8 Å². The van der Waals surface area contributed by atoms with Crippen molar-refractivity contribution in [3.05, 3.63) is 35.9 Å². The van der Waals surface area contributed by atoms with Gasteiger partial charge >= 0.3 is 0 Å². The molecule has 1 aliphatic carbocycles. The Hall–Kier alpha value is -1.94. The number of rotatable bonds is 6. The monoisotopic (exact) mass is 368 g/mol. The fraction of sp³-hybridized carbons (Fsp3) is 0.619. The van der Waals surface area contributed by atoms with Gasteiger partial charge in [-0.25, -0.2) is 0 Å². The molecule has 2 aliphatic heterocycles. The van der Waals surface area contributed by atoms with Gasteiger partial charge in [-0.05, 0) is 31.2 Å². The average Bonchev–Trinajstić information content (AvgIpc) is 3.35. The third kappa shape index (κ3) is 4.49. The third-order valence-corrected chi connectivity index (χ3v) is 6.18. The molecule has 3 atom stereocenters. The van der Waals surface area contributed by atoms with E-state index in [9.17, 15) is 4.79 Å². The molecule has 2 heterocycles. The smallest absolute Gasteiger partial charge is 0.235 e. The molecule has 2 saturated heterocycles. The van der Waals surface area contributed by atoms with Gasteiger partial charge in [0.25, 0.3) is 0 Å². The van der Waals surface area contributed by atoms with Crippen molar-refractivity contribution in [3.8, 4) is 6.07 Å². The summed E-state index contributed by atoms with van der Waals surface area (Å²) in [6.07, 6.45) is 4.24. The minimum Gasteiger partial charge on any atom is -0.373 e. The molecular weight excluding hydrogens is 340 g/mol. The van der Waals surface area contributed by atoms with E-state index in [4.69, 9.17) is 10.00 Å². The average molecular weight is 368 g/mol. The molecular formula is C21H28N4O2. The number of amides is 1. The Kier molecular flexibility index (Phi) is 5.44. The molecule has 0 aromatic heterocycles. The number of benzene rings is 1. The molecule has 1 amide bonds. The Morgan fingerprint density at radius 2 is 2.07 bits per heavy atom. The van der Waals surface area contributed by atoms with Crippen molar-refractivity contribution < 1.29 is 9.53 Å². The molecule has 6 heteroatoms. The summed E-state index contributed by atoms with van der Waals surface area (Å²) < 4.78 is 6.25. The van der Waals surface area contributed by atoms with E-state index in [0.29, 0.717) is 24.5 Å². The van der Waals surface area contributed by atoms with Crippen LogP contribution in [-0.4, -0.2) is 61.3 Å². The van der Waals surface area contributed by atoms with Crippen LogP contribution in [0.25, 0.3) is 0 Å². The SMILES string of the molecule is N#CCNC(=O)CN1CCC2(CC1)CC(NC1CC1c1ccccc1)CO2. The molecule has 27 heavy (non-hydrogen) atoms. The number of carbonyl (C=O) groups is 1. The fourth-order valence-corrected chi connectivity index (χ4v) is 4.57. The maximum absolute atomic E-state index is 11.8. The largest absolute Gasteiger partial charge is 0.373 e. The van der Waals surface area contributed by atoms with E-state index in [1.807, 2.05) is 6.07 Å². The van der Waals surface area contributed by atoms with Crippen molar-refractivity contribution in [2.24, 2.45) is 0 Å². The molecule has 1 saturated carbocycles. The first-order chi connectivity index (χ1) is 13.2. The van der Waals surface area contributed by atoms with Crippen molar-refractivity contribution >= 4 is 5.91 Å². The van der Waals surface area contributed by atoms with Gasteiger partial charge in [0, 0.05) is 31.1 Å². The van der Waals surface area contributed by atoms with Gasteiger partial charge < -0.3 is 15.4 Å². The number of nitrogens with one attached hydrogen (secondary N) is 2. The number of likely N-dealkylation sites (tertiary alicyclic amines) is 1. The van der Waals surface area contributed by atoms with Crippen LogP contribution in [0.2, 0.25) is 0 Å². The van der Waals surface area contributed by atoms with Crippen molar-refractivity contribution in [3.63, 3.8) is 0 Å². The normalized spacial score (nSPS) is 29.4. The van der Waals surface area contributed by atoms with Crippen molar-refractivity contribution in [1.29, 1.82) is 5.26 Å². The van der Waals surface area contributed by atoms with Gasteiger partial charge in [0.1, 0.15) is 6.54 Å². The highest BCUT2D eigenvalue weighted by Crippen LogP contribution is 2.43. The molecule has 0 bridgehead atoms. The van der Waals surface area contributed by atoms with Crippen LogP contribution in [0.1, 0.15) is 37.2 Å². The second kappa shape index (κ2) is 7.97. The van der Waals surface area contributed by atoms with Crippen molar-refractivity contribution in [2.45, 2.75) is 49.3 Å². The van der Waals surface area contributed by atoms with Crippen LogP contribution >= 0.6 is 0 Å². The highest BCUT2D eigenvalue weighted by atomic mass is 16.5. The lowest BCUT2D eigenvalue weighted by molar-refractivity contribution is -0.123. The summed E-state index contributed by atoms with van der Waals surface area (Å²) in [6, 6.07) is 13.7. The summed E-state index contributed by atoms with van der Waals surface area (Å²) in [6.45, 7) is 3.00. The molecule has 4 rings (SSSR count). The lowest BCUT2D eigenvalue weighted by Gasteiger charge is -2.38. The van der Waals surface area contributed by atoms with Crippen molar-refractivity contribution in [2.75, 3.05) is 32.8 Å². The van der Waals surface area contributed by atoms with E-state index in [-0.39, 0.29) is 18.1 Å². The standard InChI is InChI=1S/C21H28N4O2/c22-8-9-23-20(26)14-25-10-6-21(7-11-25)13-17(15-27-21)24-19-12-18(19)16-4-2-1-3-5-16/h1-5,17-19,24H,6-7,9-15H2,(H,23,26). The second-order valence-corrected chi connectivity index (χ2v) is 8.13. The zero-order valence-electron chi connectivity index (χ0n) is 15.7. The highest BCUT2D eigenvalue weighted by Gasteiger charge is 2.46. The van der Waals surface area contributed by atoms with Crippen LogP contribution in [0.4, 0.5) is 0 Å². The van der Waals surface area contributed by atoms with Crippen LogP contribution in [0.3, 0.4) is 0 Å². The molecule has 1 spiro atoms. The molecule has 0 radical (unpaired) electrons. The predicted molar refractivity (Wildman–Crippen MR) is 102 cm³/mol. The van der Waals surface area contributed by atoms with Crippen LogP contribution in [-0.2, 0) is 9.53 Å². The summed E-state index contributed by atoms with van der Waals surface area (Å²) in [4.78, 5) is 13.9. The molecule has 3 unspecified atom stereocenters. The lowest BCUT2D eigenvalue weighted by Crippen LogP contribution is -2.48. The zero-order valence-corrected chi connectivity index (χ0v) is 15.7. The molecule has 2 N–H and O–H groups in total. The number of nitriles is 1. The maximum atomic E-state index is 11.8. The van der Waals surface area contributed by atoms with Gasteiger partial charge in [-0.15, -0.1) is 0 Å². The topological polar surface area (TPSA) is 77.4 Å². The Labute approximate surface area is 160 Å². The van der Waals surface area contributed by atoms with Crippen LogP contribution in [0.15, 0.2) is 30.3 Å². The number of ether oxygens (including phenoxy) is 1. The summed E-state index contributed by atoms with van der Waals surface area (Å²) in [7, 11) is 0. The second-order valence-electron chi connectivity index (χ2n) is 8.13. The Bertz CT molecular complexity index is 694. The molecule has 1 aromatic carbocycles. The Morgan fingerprint density at radius 3 is 2.81 bits per heavy atom. The Morgan fingerprint density at radius 1 is 1.30 bits per heavy atom. The summed E-state index contributed by atoms with van der Waals surface area (Å²) in [5.41, 5.74) is 1.42. The quantitative estimate of drug-likeness (QED) is 0.742. The number of hydrogen-bond donors (Lipinski definition) is 2. The molecule has 3 aliphatic rings. The third-order valence-electron chi connectivity index (χ3n) is 6.18. The molecule has 144 valence electrons. The van der Waals surface area contributed by atoms with E-state index in [1.165, 1.54) is 12.0 Å². The first-order valence-corrected chi connectivity index (χ1v) is 9.98. The van der Waals surface area contributed by atoms with Gasteiger partial charge in [-0.3, -0.25) is 9.69 Å². The minimum absolute atomic E-state index is 0.0194. The van der Waals surface area contributed by atoms with Gasteiger partial charge in [0.15, 0.2) is 0 Å². The maximum Gasteiger partial charge on any atom is 0.235 e. The van der Waals surface area contributed by atoms with E-state index in [2.05, 4.69) is 45.9 Å². The van der Waals surface area contributed by atoms with Gasteiger partial charge in [-0.1, -0.05) is 30.3 Å². The zero-order chi connectivity index (χ0) is 18.7. The summed E-state index contributed by atoms with van der Waals surface area (Å²) >= 11 is 0. The lowest BCUT2D eigenvalue weighted by atomic mass is 9.87. The predicted octanol–water partition coefficient (Wildman–Crippen LogP) is 1.40. The van der Waals surface area contributed by atoms with E-state index in [1.54, 1.807) is 0 Å². The summed E-state index contributed by atoms with van der Waals surface area (Å²) in [5, 5.41) is 14.9. The molecule has 6 nitrogen and oxygen atoms in total. The van der Waals surface area contributed by atoms with Gasteiger partial charge in [-0.2, -0.15) is 5.26 Å². The first kappa shape index (κ1) is 18.4. The fourth-order valence-electron chi connectivity index (χ4n) is 4.57. The molecule has 3 fully saturated rings. The van der Waals surface area contributed by atoms with E-state index >= 15 is 0 Å². The molecule has 1 aromatic rings. The van der Waals surface area contributed by atoms with Crippen LogP contribution < -0.4 is 10.6 Å². The number of piperidine rings is 1. The number of carbonyl (C=O) groups excluding carboxylic acids is 1. The van der Waals surface area contributed by atoms with Crippen LogP contribution in [0.5, 0.6) is 0 Å². The van der Waals surface area contributed by atoms with Crippen molar-refractivity contribution in [1.82, 2.24) is 15.5 Å². The summed E-state index contributed by atoms with van der Waals surface area (Å²) in [5.74, 6) is 0.580.